The zero-order valence-electron chi connectivity index (χ0n) is 25.0. The molecule has 3 aliphatic heterocycles. The Morgan fingerprint density at radius 1 is 1.04 bits per heavy atom. The molecule has 0 amide bonds. The molecular weight excluding hydrogens is 599 g/mol. The quantitative estimate of drug-likeness (QED) is 0.248. The second-order valence-corrected chi connectivity index (χ2v) is 12.6. The van der Waals surface area contributed by atoms with E-state index < -0.39 is 11.6 Å². The molecule has 13 heteroatoms. The van der Waals surface area contributed by atoms with Crippen LogP contribution in [0.5, 0.6) is 11.5 Å². The average molecular weight is 631 g/mol. The summed E-state index contributed by atoms with van der Waals surface area (Å²) in [5.74, 6) is 2.08. The number of aromatic amines is 1. The van der Waals surface area contributed by atoms with Gasteiger partial charge in [0.15, 0.2) is 23.0 Å². The van der Waals surface area contributed by atoms with Crippen LogP contribution in [0.25, 0.3) is 22.7 Å². The first-order chi connectivity index (χ1) is 21.8. The number of rotatable bonds is 7. The van der Waals surface area contributed by atoms with Gasteiger partial charge in [0, 0.05) is 24.1 Å². The number of hydrogen-bond acceptors (Lipinski definition) is 9. The first-order valence-electron chi connectivity index (χ1n) is 15.3. The number of benzene rings is 2. The van der Waals surface area contributed by atoms with Gasteiger partial charge in [-0.3, -0.25) is 4.90 Å². The fraction of sp³-hybridized carbons (Fsp3) is 0.406. The summed E-state index contributed by atoms with van der Waals surface area (Å²) in [5.41, 5.74) is 3.52. The zero-order chi connectivity index (χ0) is 30.7. The molecule has 0 unspecified atom stereocenters. The number of hydrogen-bond donors (Lipinski definition) is 1. The Morgan fingerprint density at radius 3 is 2.62 bits per heavy atom. The molecule has 0 radical (unpaired) electrons. The van der Waals surface area contributed by atoms with Gasteiger partial charge in [-0.15, -0.1) is 20.4 Å². The molecule has 2 saturated heterocycles. The highest BCUT2D eigenvalue weighted by atomic mass is 35.5. The van der Waals surface area contributed by atoms with Crippen LogP contribution in [-0.2, 0) is 23.6 Å². The van der Waals surface area contributed by atoms with Gasteiger partial charge in [-0.2, -0.15) is 0 Å². The Hall–Kier alpha value is -4.13. The van der Waals surface area contributed by atoms with Crippen molar-refractivity contribution in [3.05, 3.63) is 76.1 Å². The second-order valence-electron chi connectivity index (χ2n) is 12.1. The van der Waals surface area contributed by atoms with Crippen molar-refractivity contribution < 1.29 is 18.6 Å². The van der Waals surface area contributed by atoms with Crippen molar-refractivity contribution in [3.63, 3.8) is 0 Å². The summed E-state index contributed by atoms with van der Waals surface area (Å²) < 4.78 is 35.4. The van der Waals surface area contributed by atoms with E-state index in [0.717, 1.165) is 61.5 Å². The lowest BCUT2D eigenvalue weighted by atomic mass is 9.88. The maximum atomic E-state index is 14.9. The number of para-hydroxylation sites is 1. The van der Waals surface area contributed by atoms with Gasteiger partial charge in [0.05, 0.1) is 24.8 Å². The van der Waals surface area contributed by atoms with Crippen molar-refractivity contribution in [1.82, 2.24) is 39.8 Å². The van der Waals surface area contributed by atoms with Gasteiger partial charge >= 0.3 is 0 Å². The molecule has 0 saturated carbocycles. The molecule has 6 heterocycles. The van der Waals surface area contributed by atoms with E-state index in [1.54, 1.807) is 19.1 Å². The lowest BCUT2D eigenvalue weighted by Gasteiger charge is -2.33. The van der Waals surface area contributed by atoms with E-state index in [-0.39, 0.29) is 12.0 Å². The number of likely N-dealkylation sites (tertiary alicyclic amines) is 1. The molecule has 2 fully saturated rings. The summed E-state index contributed by atoms with van der Waals surface area (Å²) in [6.07, 6.45) is 3.04. The van der Waals surface area contributed by atoms with Crippen molar-refractivity contribution >= 4 is 22.8 Å². The molecule has 0 spiro atoms. The fourth-order valence-electron chi connectivity index (χ4n) is 6.53. The standard InChI is InChI=1S/C32H32ClFN8O3/c1-18-35-30(39-37-18)25-15-26-31(40-38-25)42(16-21-10-13-43-21)28(36-26)17-41-11-8-19(9-12-41)22-4-3-5-27-29(22)45-32(2,44-27)23-7-6-20(33)14-24(23)34/h3-7,14-15,19,21H,8-13,16-17H2,1-2H3,(H,35,37,39)/t21-,32-/m0/s1. The smallest absolute Gasteiger partial charge is 0.278 e. The maximum absolute atomic E-state index is 14.9. The summed E-state index contributed by atoms with van der Waals surface area (Å²) in [5, 5.41) is 17.5. The first-order valence-corrected chi connectivity index (χ1v) is 15.6. The normalized spacial score (nSPS) is 21.8. The molecule has 1 N–H and O–H groups in total. The van der Waals surface area contributed by atoms with Gasteiger partial charge in [-0.05, 0) is 75.5 Å². The number of piperidine rings is 1. The average Bonchev–Trinajstić information content (AvgIpc) is 3.69. The molecule has 2 aromatic carbocycles. The van der Waals surface area contributed by atoms with E-state index in [2.05, 4.69) is 40.9 Å². The highest BCUT2D eigenvalue weighted by molar-refractivity contribution is 6.30. The van der Waals surface area contributed by atoms with Crippen molar-refractivity contribution in [2.75, 3.05) is 19.7 Å². The topological polar surface area (TPSA) is 116 Å². The van der Waals surface area contributed by atoms with Crippen LogP contribution in [0.2, 0.25) is 5.02 Å². The minimum Gasteiger partial charge on any atom is -0.444 e. The third kappa shape index (κ3) is 5.20. The van der Waals surface area contributed by atoms with Crippen LogP contribution >= 0.6 is 11.6 Å². The van der Waals surface area contributed by atoms with Gasteiger partial charge in [-0.25, -0.2) is 9.37 Å². The van der Waals surface area contributed by atoms with Crippen molar-refractivity contribution in [1.29, 1.82) is 0 Å². The summed E-state index contributed by atoms with van der Waals surface area (Å²) in [6.45, 7) is 7.53. The lowest BCUT2D eigenvalue weighted by molar-refractivity contribution is -0.0712. The predicted molar refractivity (Wildman–Crippen MR) is 164 cm³/mol. The number of ether oxygens (including phenoxy) is 3. The molecule has 0 bridgehead atoms. The third-order valence-corrected chi connectivity index (χ3v) is 9.25. The highest BCUT2D eigenvalue weighted by Crippen LogP contribution is 2.50. The fourth-order valence-corrected chi connectivity index (χ4v) is 6.69. The summed E-state index contributed by atoms with van der Waals surface area (Å²) >= 11 is 5.99. The van der Waals surface area contributed by atoms with Crippen LogP contribution in [0.4, 0.5) is 4.39 Å². The summed E-state index contributed by atoms with van der Waals surface area (Å²) in [6, 6.07) is 12.4. The van der Waals surface area contributed by atoms with Crippen LogP contribution < -0.4 is 9.47 Å². The Morgan fingerprint density at radius 2 is 1.89 bits per heavy atom. The van der Waals surface area contributed by atoms with Crippen LogP contribution in [0.15, 0.2) is 42.5 Å². The zero-order valence-corrected chi connectivity index (χ0v) is 25.7. The monoisotopic (exact) mass is 630 g/mol. The number of fused-ring (bicyclic) bond motifs is 2. The minimum atomic E-state index is -1.27. The van der Waals surface area contributed by atoms with Crippen LogP contribution in [-0.4, -0.2) is 65.6 Å². The number of nitrogens with one attached hydrogen (secondary N) is 1. The highest BCUT2D eigenvalue weighted by Gasteiger charge is 2.43. The maximum Gasteiger partial charge on any atom is 0.278 e. The first kappa shape index (κ1) is 28.4. The largest absolute Gasteiger partial charge is 0.444 e. The van der Waals surface area contributed by atoms with Crippen LogP contribution in [0.1, 0.15) is 54.9 Å². The van der Waals surface area contributed by atoms with Gasteiger partial charge in [-0.1, -0.05) is 23.7 Å². The number of imidazole rings is 1. The number of aromatic nitrogens is 7. The van der Waals surface area contributed by atoms with Gasteiger partial charge in [0.25, 0.3) is 5.79 Å². The number of H-pyrrole nitrogens is 1. The second kappa shape index (κ2) is 11.0. The minimum absolute atomic E-state index is 0.153. The number of halogens is 2. The van der Waals surface area contributed by atoms with E-state index in [1.807, 2.05) is 25.1 Å². The van der Waals surface area contributed by atoms with E-state index in [9.17, 15) is 4.39 Å². The molecular formula is C32H32ClFN8O3. The van der Waals surface area contributed by atoms with Crippen LogP contribution in [0.3, 0.4) is 0 Å². The van der Waals surface area contributed by atoms with Crippen molar-refractivity contribution in [3.8, 4) is 23.0 Å². The molecule has 2 atom stereocenters. The van der Waals surface area contributed by atoms with E-state index in [1.165, 1.54) is 6.07 Å². The Kier molecular flexibility index (Phi) is 6.95. The summed E-state index contributed by atoms with van der Waals surface area (Å²) in [7, 11) is 0. The molecule has 45 heavy (non-hydrogen) atoms. The molecule has 11 nitrogen and oxygen atoms in total. The lowest BCUT2D eigenvalue weighted by Crippen LogP contribution is -2.35. The molecule has 0 aliphatic carbocycles. The SMILES string of the molecule is Cc1nnc(-c2cc3nc(CN4CCC(c5cccc6c5O[C@@](C)(c5ccc(Cl)cc5F)O6)CC4)n(C[C@@H]4CCO4)c3nn2)[nH]1. The molecule has 5 aromatic rings. The Balaban J connectivity index is 1.000. The Bertz CT molecular complexity index is 1900. The number of nitrogens with zero attached hydrogens (tertiary/aromatic N) is 7. The number of aryl methyl sites for hydroxylation is 1. The Labute approximate surface area is 263 Å². The summed E-state index contributed by atoms with van der Waals surface area (Å²) in [4.78, 5) is 10.6. The van der Waals surface area contributed by atoms with E-state index in [4.69, 9.17) is 30.8 Å². The van der Waals surface area contributed by atoms with Gasteiger partial charge in [0.1, 0.15) is 28.7 Å². The van der Waals surface area contributed by atoms with E-state index >= 15 is 0 Å². The molecule has 3 aliphatic rings. The third-order valence-electron chi connectivity index (χ3n) is 9.02. The van der Waals surface area contributed by atoms with Crippen molar-refractivity contribution in [2.24, 2.45) is 0 Å². The molecule has 3 aromatic heterocycles. The predicted octanol–water partition coefficient (Wildman–Crippen LogP) is 5.52. The van der Waals surface area contributed by atoms with Crippen LogP contribution in [0, 0.1) is 12.7 Å². The molecule has 232 valence electrons. The molecule has 8 rings (SSSR count). The van der Waals surface area contributed by atoms with Gasteiger partial charge in [0.2, 0.25) is 0 Å². The van der Waals surface area contributed by atoms with Gasteiger partial charge < -0.3 is 23.8 Å². The van der Waals surface area contributed by atoms with E-state index in [0.29, 0.717) is 52.5 Å². The van der Waals surface area contributed by atoms with Crippen molar-refractivity contribution in [2.45, 2.75) is 64.0 Å².